The van der Waals surface area contributed by atoms with Gasteiger partial charge in [0, 0.05) is 17.7 Å². The lowest BCUT2D eigenvalue weighted by Crippen LogP contribution is -2.61. The fourth-order valence-corrected chi connectivity index (χ4v) is 4.93. The number of rotatable bonds is 7. The van der Waals surface area contributed by atoms with Crippen LogP contribution in [0, 0.1) is 0 Å². The van der Waals surface area contributed by atoms with Crippen LogP contribution < -0.4 is 14.9 Å². The molecule has 1 aromatic heterocycles. The standard InChI is InChI=1S/C28H32O15/c1-10-19(31)22(34)24(36)27(40-10)39-9-17-20(32)23(35)25(37)28(43-17)42-16-8-15-18(21(33)26(16)38-2)13(30)7-14(41-15)11-3-5-12(29)6-4-11/h3-8,10,17,19-20,22-25,27-29,31-37H,9H2,1-2H3. The predicted molar refractivity (Wildman–Crippen MR) is 143 cm³/mol. The van der Waals surface area contributed by atoms with Gasteiger partial charge in [0.05, 0.1) is 19.8 Å². The van der Waals surface area contributed by atoms with Crippen molar-refractivity contribution >= 4 is 11.0 Å². The average molecular weight is 609 g/mol. The SMILES string of the molecule is COc1c(OC2OC(COC3OC(C)C(O)C(O)C3O)C(O)C(O)C2O)cc2oc(-c3ccc(O)cc3)cc(=O)c2c1O. The van der Waals surface area contributed by atoms with Gasteiger partial charge < -0.3 is 69.0 Å². The van der Waals surface area contributed by atoms with Crippen LogP contribution >= 0.6 is 0 Å². The molecule has 234 valence electrons. The van der Waals surface area contributed by atoms with E-state index >= 15 is 0 Å². The molecule has 2 saturated heterocycles. The lowest BCUT2D eigenvalue weighted by Gasteiger charge is -2.42. The molecule has 0 spiro atoms. The van der Waals surface area contributed by atoms with Gasteiger partial charge in [-0.25, -0.2) is 0 Å². The summed E-state index contributed by atoms with van der Waals surface area (Å²) in [7, 11) is 1.19. The van der Waals surface area contributed by atoms with E-state index in [0.29, 0.717) is 5.56 Å². The first-order chi connectivity index (χ1) is 20.4. The van der Waals surface area contributed by atoms with E-state index in [1.807, 2.05) is 0 Å². The van der Waals surface area contributed by atoms with Crippen LogP contribution in [0.1, 0.15) is 6.92 Å². The third-order valence-electron chi connectivity index (χ3n) is 7.41. The molecule has 15 nitrogen and oxygen atoms in total. The molecule has 0 amide bonds. The Morgan fingerprint density at radius 1 is 0.814 bits per heavy atom. The van der Waals surface area contributed by atoms with Crippen molar-refractivity contribution in [1.29, 1.82) is 0 Å². The Hall–Kier alpha value is -3.51. The number of aromatic hydroxyl groups is 2. The Labute approximate surface area is 243 Å². The van der Waals surface area contributed by atoms with Crippen molar-refractivity contribution in [1.82, 2.24) is 0 Å². The molecule has 10 unspecified atom stereocenters. The van der Waals surface area contributed by atoms with E-state index in [1.165, 1.54) is 44.4 Å². The highest BCUT2D eigenvalue weighted by Gasteiger charge is 2.47. The highest BCUT2D eigenvalue weighted by molar-refractivity contribution is 5.89. The number of hydrogen-bond donors (Lipinski definition) is 8. The van der Waals surface area contributed by atoms with Gasteiger partial charge in [-0.15, -0.1) is 0 Å². The molecule has 0 radical (unpaired) electrons. The van der Waals surface area contributed by atoms with Crippen molar-refractivity contribution in [3.05, 3.63) is 46.6 Å². The van der Waals surface area contributed by atoms with E-state index in [4.69, 9.17) is 28.1 Å². The minimum atomic E-state index is -1.82. The summed E-state index contributed by atoms with van der Waals surface area (Å²) < 4.78 is 33.3. The van der Waals surface area contributed by atoms with Crippen LogP contribution in [0.15, 0.2) is 45.6 Å². The quantitative estimate of drug-likeness (QED) is 0.159. The number of aliphatic hydroxyl groups is 6. The van der Waals surface area contributed by atoms with Crippen LogP contribution in [-0.4, -0.2) is 116 Å². The van der Waals surface area contributed by atoms with Crippen molar-refractivity contribution in [3.63, 3.8) is 0 Å². The topological polar surface area (TPSA) is 238 Å². The van der Waals surface area contributed by atoms with E-state index in [-0.39, 0.29) is 34.0 Å². The first-order valence-corrected chi connectivity index (χ1v) is 13.3. The van der Waals surface area contributed by atoms with Crippen molar-refractivity contribution in [2.24, 2.45) is 0 Å². The van der Waals surface area contributed by atoms with E-state index in [9.17, 15) is 45.6 Å². The van der Waals surface area contributed by atoms with Gasteiger partial charge in [0.2, 0.25) is 12.0 Å². The number of hydrogen-bond acceptors (Lipinski definition) is 15. The summed E-state index contributed by atoms with van der Waals surface area (Å²) >= 11 is 0. The second kappa shape index (κ2) is 12.2. The first-order valence-electron chi connectivity index (χ1n) is 13.3. The Morgan fingerprint density at radius 3 is 2.14 bits per heavy atom. The lowest BCUT2D eigenvalue weighted by molar-refractivity contribution is -0.318. The van der Waals surface area contributed by atoms with Crippen LogP contribution in [0.2, 0.25) is 0 Å². The number of ether oxygens (including phenoxy) is 5. The number of phenolic OH excluding ortho intramolecular Hbond substituents is 2. The summed E-state index contributed by atoms with van der Waals surface area (Å²) in [5, 5.41) is 81.9. The second-order valence-electron chi connectivity index (χ2n) is 10.3. The molecular weight excluding hydrogens is 576 g/mol. The third-order valence-corrected chi connectivity index (χ3v) is 7.41. The number of methoxy groups -OCH3 is 1. The summed E-state index contributed by atoms with van der Waals surface area (Å²) in [5.41, 5.74) is -0.299. The molecule has 10 atom stereocenters. The van der Waals surface area contributed by atoms with Gasteiger partial charge in [-0.1, -0.05) is 0 Å². The molecule has 3 aromatic rings. The van der Waals surface area contributed by atoms with E-state index < -0.39 is 79.2 Å². The van der Waals surface area contributed by atoms with Gasteiger partial charge in [0.25, 0.3) is 0 Å². The Morgan fingerprint density at radius 2 is 1.47 bits per heavy atom. The molecule has 8 N–H and O–H groups in total. The molecule has 43 heavy (non-hydrogen) atoms. The largest absolute Gasteiger partial charge is 0.508 e. The van der Waals surface area contributed by atoms with Crippen LogP contribution in [0.5, 0.6) is 23.0 Å². The normalized spacial score (nSPS) is 32.9. The highest BCUT2D eigenvalue weighted by atomic mass is 16.7. The molecule has 0 aliphatic carbocycles. The van der Waals surface area contributed by atoms with Gasteiger partial charge in [-0.2, -0.15) is 0 Å². The maximum absolute atomic E-state index is 12.9. The van der Waals surface area contributed by atoms with E-state index in [2.05, 4.69) is 0 Å². The van der Waals surface area contributed by atoms with Gasteiger partial charge in [-0.05, 0) is 31.2 Å². The maximum Gasteiger partial charge on any atom is 0.229 e. The molecule has 15 heteroatoms. The molecule has 2 aliphatic heterocycles. The lowest BCUT2D eigenvalue weighted by atomic mass is 9.98. The minimum Gasteiger partial charge on any atom is -0.508 e. The van der Waals surface area contributed by atoms with Gasteiger partial charge in [0.15, 0.2) is 23.2 Å². The van der Waals surface area contributed by atoms with E-state index in [0.717, 1.165) is 6.07 Å². The zero-order valence-corrected chi connectivity index (χ0v) is 22.9. The van der Waals surface area contributed by atoms with Crippen LogP contribution in [0.4, 0.5) is 0 Å². The summed E-state index contributed by atoms with van der Waals surface area (Å²) in [6.07, 6.45) is -15.3. The Balaban J connectivity index is 1.41. The Kier molecular flexibility index (Phi) is 8.80. The molecule has 5 rings (SSSR count). The summed E-state index contributed by atoms with van der Waals surface area (Å²) in [6.45, 7) is 0.932. The molecule has 3 heterocycles. The number of aliphatic hydroxyl groups excluding tert-OH is 6. The number of phenols is 2. The van der Waals surface area contributed by atoms with Crippen molar-refractivity contribution in [2.45, 2.75) is 68.3 Å². The molecular formula is C28H32O15. The molecule has 2 aliphatic rings. The monoisotopic (exact) mass is 608 g/mol. The first kappa shape index (κ1) is 30.9. The maximum atomic E-state index is 12.9. The fourth-order valence-electron chi connectivity index (χ4n) is 4.93. The predicted octanol–water partition coefficient (Wildman–Crippen LogP) is -1.09. The van der Waals surface area contributed by atoms with Gasteiger partial charge in [0.1, 0.15) is 65.2 Å². The summed E-state index contributed by atoms with van der Waals surface area (Å²) in [5.74, 6) is -1.10. The van der Waals surface area contributed by atoms with Gasteiger partial charge in [-0.3, -0.25) is 4.79 Å². The molecule has 0 saturated carbocycles. The summed E-state index contributed by atoms with van der Waals surface area (Å²) in [4.78, 5) is 12.9. The second-order valence-corrected chi connectivity index (χ2v) is 10.3. The third kappa shape index (κ3) is 5.86. The number of benzene rings is 2. The molecule has 2 aromatic carbocycles. The fraction of sp³-hybridized carbons (Fsp3) is 0.464. The summed E-state index contributed by atoms with van der Waals surface area (Å²) in [6, 6.07) is 8.18. The zero-order valence-electron chi connectivity index (χ0n) is 22.9. The van der Waals surface area contributed by atoms with E-state index in [1.54, 1.807) is 0 Å². The average Bonchev–Trinajstić information content (AvgIpc) is 2.98. The zero-order chi connectivity index (χ0) is 31.2. The minimum absolute atomic E-state index is 0.000367. The molecule has 0 bridgehead atoms. The van der Waals surface area contributed by atoms with Crippen molar-refractivity contribution in [2.75, 3.05) is 13.7 Å². The van der Waals surface area contributed by atoms with Gasteiger partial charge >= 0.3 is 0 Å². The van der Waals surface area contributed by atoms with Crippen molar-refractivity contribution < 1.29 is 69.0 Å². The van der Waals surface area contributed by atoms with Crippen molar-refractivity contribution in [3.8, 4) is 34.3 Å². The van der Waals surface area contributed by atoms with Crippen LogP contribution in [0.25, 0.3) is 22.3 Å². The Bertz CT molecular complexity index is 1490. The van der Waals surface area contributed by atoms with Crippen LogP contribution in [-0.2, 0) is 14.2 Å². The van der Waals surface area contributed by atoms with Crippen LogP contribution in [0.3, 0.4) is 0 Å². The molecule has 2 fully saturated rings. The smallest absolute Gasteiger partial charge is 0.229 e. The highest BCUT2D eigenvalue weighted by Crippen LogP contribution is 2.43. The number of fused-ring (bicyclic) bond motifs is 1.